The molecule has 1 aromatic carbocycles. The zero-order chi connectivity index (χ0) is 15.7. The maximum absolute atomic E-state index is 12.5. The van der Waals surface area contributed by atoms with Gasteiger partial charge in [0.05, 0.1) is 10.6 Å². The van der Waals surface area contributed by atoms with Crippen molar-refractivity contribution in [2.24, 2.45) is 0 Å². The lowest BCUT2D eigenvalue weighted by atomic mass is 10.2. The molecule has 2 aromatic heterocycles. The van der Waals surface area contributed by atoms with Gasteiger partial charge in [-0.2, -0.15) is 0 Å². The third-order valence-corrected chi connectivity index (χ3v) is 5.16. The Morgan fingerprint density at radius 2 is 1.68 bits per heavy atom. The van der Waals surface area contributed by atoms with Crippen LogP contribution in [0.25, 0.3) is 11.2 Å². The topological polar surface area (TPSA) is 72.8 Å². The quantitative estimate of drug-likeness (QED) is 0.743. The first-order valence-corrected chi connectivity index (χ1v) is 8.47. The molecule has 0 atom stereocenters. The summed E-state index contributed by atoms with van der Waals surface area (Å²) in [7, 11) is -3.41. The number of fused-ring (bicyclic) bond motifs is 1. The van der Waals surface area contributed by atoms with E-state index >= 15 is 0 Å². The van der Waals surface area contributed by atoms with Crippen molar-refractivity contribution in [2.45, 2.75) is 24.5 Å². The summed E-state index contributed by atoms with van der Waals surface area (Å²) in [6.07, 6.45) is 3.13. The van der Waals surface area contributed by atoms with Crippen molar-refractivity contribution in [1.29, 1.82) is 0 Å². The molecule has 22 heavy (non-hydrogen) atoms. The van der Waals surface area contributed by atoms with Gasteiger partial charge in [-0.3, -0.25) is 4.98 Å². The molecule has 112 valence electrons. The van der Waals surface area contributed by atoms with Gasteiger partial charge in [0.2, 0.25) is 0 Å². The van der Waals surface area contributed by atoms with Crippen LogP contribution in [0.1, 0.15) is 16.8 Å². The predicted molar refractivity (Wildman–Crippen MR) is 84.1 cm³/mol. The zero-order valence-corrected chi connectivity index (χ0v) is 13.1. The zero-order valence-electron chi connectivity index (χ0n) is 12.3. The van der Waals surface area contributed by atoms with E-state index in [0.717, 1.165) is 5.56 Å². The molecule has 0 aliphatic carbocycles. The number of nitrogens with zero attached hydrogens (tertiary/aromatic N) is 3. The van der Waals surface area contributed by atoms with Crippen molar-refractivity contribution in [1.82, 2.24) is 15.0 Å². The molecule has 2 heterocycles. The Balaban J connectivity index is 2.01. The highest BCUT2D eigenvalue weighted by molar-refractivity contribution is 7.90. The van der Waals surface area contributed by atoms with Gasteiger partial charge in [0.15, 0.2) is 15.5 Å². The van der Waals surface area contributed by atoms with Crippen molar-refractivity contribution in [3.8, 4) is 0 Å². The maximum atomic E-state index is 12.5. The first-order chi connectivity index (χ1) is 10.5. The molecule has 0 saturated heterocycles. The first-order valence-electron chi connectivity index (χ1n) is 6.82. The SMILES string of the molecule is Cc1ccc(S(=O)(=O)Cc2cc3nccnc3nc2C)cc1. The molecular weight excluding hydrogens is 298 g/mol. The van der Waals surface area contributed by atoms with Gasteiger partial charge in [0.1, 0.15) is 5.52 Å². The Bertz CT molecular complexity index is 935. The third kappa shape index (κ3) is 2.82. The lowest BCUT2D eigenvalue weighted by Crippen LogP contribution is -2.07. The van der Waals surface area contributed by atoms with Gasteiger partial charge in [-0.05, 0) is 37.6 Å². The first kappa shape index (κ1) is 14.6. The van der Waals surface area contributed by atoms with Crippen LogP contribution in [0.15, 0.2) is 47.6 Å². The van der Waals surface area contributed by atoms with Crippen LogP contribution in [-0.2, 0) is 15.6 Å². The number of pyridine rings is 1. The van der Waals surface area contributed by atoms with Crippen molar-refractivity contribution >= 4 is 21.0 Å². The van der Waals surface area contributed by atoms with Crippen LogP contribution in [0.2, 0.25) is 0 Å². The van der Waals surface area contributed by atoms with Crippen LogP contribution in [0, 0.1) is 13.8 Å². The van der Waals surface area contributed by atoms with Gasteiger partial charge in [-0.25, -0.2) is 18.4 Å². The third-order valence-electron chi connectivity index (χ3n) is 3.48. The van der Waals surface area contributed by atoms with E-state index in [-0.39, 0.29) is 5.75 Å². The van der Waals surface area contributed by atoms with Gasteiger partial charge < -0.3 is 0 Å². The largest absolute Gasteiger partial charge is 0.251 e. The summed E-state index contributed by atoms with van der Waals surface area (Å²) in [5, 5.41) is 0. The highest BCUT2D eigenvalue weighted by Crippen LogP contribution is 2.20. The molecule has 0 unspecified atom stereocenters. The Morgan fingerprint density at radius 3 is 2.41 bits per heavy atom. The number of aromatic nitrogens is 3. The van der Waals surface area contributed by atoms with E-state index in [1.165, 1.54) is 0 Å². The average Bonchev–Trinajstić information content (AvgIpc) is 2.48. The van der Waals surface area contributed by atoms with Crippen LogP contribution in [-0.4, -0.2) is 23.4 Å². The second-order valence-electron chi connectivity index (χ2n) is 5.20. The summed E-state index contributed by atoms with van der Waals surface area (Å²) < 4.78 is 25.1. The van der Waals surface area contributed by atoms with Crippen molar-refractivity contribution in [2.75, 3.05) is 0 Å². The van der Waals surface area contributed by atoms with E-state index in [9.17, 15) is 8.42 Å². The van der Waals surface area contributed by atoms with Gasteiger partial charge in [0, 0.05) is 18.1 Å². The Morgan fingerprint density at radius 1 is 1.00 bits per heavy atom. The molecule has 0 spiro atoms. The second-order valence-corrected chi connectivity index (χ2v) is 7.19. The number of aryl methyl sites for hydroxylation is 2. The molecule has 0 amide bonds. The summed E-state index contributed by atoms with van der Waals surface area (Å²) in [6.45, 7) is 3.71. The number of benzene rings is 1. The van der Waals surface area contributed by atoms with Crippen molar-refractivity contribution in [3.63, 3.8) is 0 Å². The molecule has 0 fully saturated rings. The summed E-state index contributed by atoms with van der Waals surface area (Å²) in [5.41, 5.74) is 3.45. The fraction of sp³-hybridized carbons (Fsp3) is 0.188. The number of sulfone groups is 1. The number of hydrogen-bond donors (Lipinski definition) is 0. The van der Waals surface area contributed by atoms with Crippen LogP contribution in [0.5, 0.6) is 0 Å². The normalized spacial score (nSPS) is 11.7. The molecule has 0 saturated carbocycles. The summed E-state index contributed by atoms with van der Waals surface area (Å²) >= 11 is 0. The summed E-state index contributed by atoms with van der Waals surface area (Å²) in [4.78, 5) is 12.9. The van der Waals surface area contributed by atoms with Gasteiger partial charge in [-0.1, -0.05) is 17.7 Å². The molecule has 3 rings (SSSR count). The molecule has 5 nitrogen and oxygen atoms in total. The van der Waals surface area contributed by atoms with Crippen LogP contribution < -0.4 is 0 Å². The molecule has 0 aliphatic rings. The predicted octanol–water partition coefficient (Wildman–Crippen LogP) is 2.62. The van der Waals surface area contributed by atoms with E-state index in [1.807, 2.05) is 6.92 Å². The van der Waals surface area contributed by atoms with Gasteiger partial charge in [0.25, 0.3) is 0 Å². The van der Waals surface area contributed by atoms with Gasteiger partial charge >= 0.3 is 0 Å². The molecular formula is C16H15N3O2S. The monoisotopic (exact) mass is 313 g/mol. The highest BCUT2D eigenvalue weighted by atomic mass is 32.2. The molecule has 0 N–H and O–H groups in total. The Labute approximate surface area is 129 Å². The molecule has 3 aromatic rings. The average molecular weight is 313 g/mol. The lowest BCUT2D eigenvalue weighted by Gasteiger charge is -2.08. The number of rotatable bonds is 3. The minimum absolute atomic E-state index is 0.0958. The van der Waals surface area contributed by atoms with E-state index in [1.54, 1.807) is 49.6 Å². The fourth-order valence-corrected chi connectivity index (χ4v) is 3.63. The second kappa shape index (κ2) is 5.46. The maximum Gasteiger partial charge on any atom is 0.182 e. The van der Waals surface area contributed by atoms with Gasteiger partial charge in [-0.15, -0.1) is 0 Å². The van der Waals surface area contributed by atoms with E-state index in [4.69, 9.17) is 0 Å². The highest BCUT2D eigenvalue weighted by Gasteiger charge is 2.17. The summed E-state index contributed by atoms with van der Waals surface area (Å²) in [6, 6.07) is 8.60. The molecule has 6 heteroatoms. The molecule has 0 radical (unpaired) electrons. The van der Waals surface area contributed by atoms with E-state index in [0.29, 0.717) is 27.3 Å². The smallest absolute Gasteiger partial charge is 0.182 e. The number of hydrogen-bond acceptors (Lipinski definition) is 5. The van der Waals surface area contributed by atoms with E-state index in [2.05, 4.69) is 15.0 Å². The van der Waals surface area contributed by atoms with Crippen molar-refractivity contribution < 1.29 is 8.42 Å². The Kier molecular flexibility index (Phi) is 3.62. The minimum atomic E-state index is -3.41. The van der Waals surface area contributed by atoms with Crippen molar-refractivity contribution in [3.05, 3.63) is 59.5 Å². The molecule has 0 aliphatic heterocycles. The van der Waals surface area contributed by atoms with Crippen LogP contribution in [0.3, 0.4) is 0 Å². The summed E-state index contributed by atoms with van der Waals surface area (Å²) in [5.74, 6) is -0.0958. The Hall–Kier alpha value is -2.34. The van der Waals surface area contributed by atoms with E-state index < -0.39 is 9.84 Å². The lowest BCUT2D eigenvalue weighted by molar-refractivity contribution is 0.595. The fourth-order valence-electron chi connectivity index (χ4n) is 2.21. The minimum Gasteiger partial charge on any atom is -0.251 e. The standard InChI is InChI=1S/C16H15N3O2S/c1-11-3-5-14(6-4-11)22(20,21)10-13-9-15-16(19-12(13)2)18-8-7-17-15/h3-9H,10H2,1-2H3. The molecule has 0 bridgehead atoms. The van der Waals surface area contributed by atoms with Crippen LogP contribution in [0.4, 0.5) is 0 Å². The van der Waals surface area contributed by atoms with Crippen LogP contribution >= 0.6 is 0 Å².